The third-order valence-electron chi connectivity index (χ3n) is 4.72. The highest BCUT2D eigenvalue weighted by Gasteiger charge is 2.36. The first-order valence-electron chi connectivity index (χ1n) is 9.49. The topological polar surface area (TPSA) is 114 Å². The highest BCUT2D eigenvalue weighted by atomic mass is 35.5. The molecule has 1 aromatic heterocycles. The number of halogens is 1. The van der Waals surface area contributed by atoms with Crippen LogP contribution in [-0.4, -0.2) is 39.0 Å². The van der Waals surface area contributed by atoms with Gasteiger partial charge in [0.1, 0.15) is 13.1 Å². The van der Waals surface area contributed by atoms with Crippen LogP contribution in [-0.2, 0) is 20.9 Å². The average Bonchev–Trinajstić information content (AvgIpc) is 3.20. The van der Waals surface area contributed by atoms with Crippen molar-refractivity contribution in [2.75, 3.05) is 11.9 Å². The van der Waals surface area contributed by atoms with E-state index >= 15 is 0 Å². The van der Waals surface area contributed by atoms with E-state index < -0.39 is 29.5 Å². The van der Waals surface area contributed by atoms with Crippen molar-refractivity contribution in [1.82, 2.24) is 9.47 Å². The zero-order chi connectivity index (χ0) is 22.8. The third-order valence-corrected chi connectivity index (χ3v) is 5.86. The van der Waals surface area contributed by atoms with Crippen LogP contribution < -0.4 is 11.1 Å². The summed E-state index contributed by atoms with van der Waals surface area (Å²) in [4.78, 5) is 50.0. The van der Waals surface area contributed by atoms with Crippen molar-refractivity contribution in [2.45, 2.75) is 6.54 Å². The minimum Gasteiger partial charge on any atom is -0.368 e. The zero-order valence-corrected chi connectivity index (χ0v) is 18.2. The molecule has 32 heavy (non-hydrogen) atoms. The number of fused-ring (bicyclic) bond motifs is 1. The lowest BCUT2D eigenvalue weighted by atomic mass is 10.1. The average molecular weight is 469 g/mol. The Morgan fingerprint density at radius 3 is 2.62 bits per heavy atom. The third kappa shape index (κ3) is 4.53. The maximum absolute atomic E-state index is 12.8. The highest BCUT2D eigenvalue weighted by molar-refractivity contribution is 8.18. The number of imide groups is 1. The van der Waals surface area contributed by atoms with E-state index in [-0.39, 0.29) is 11.4 Å². The molecule has 1 saturated heterocycles. The molecular weight excluding hydrogens is 452 g/mol. The molecule has 0 radical (unpaired) electrons. The van der Waals surface area contributed by atoms with E-state index in [0.717, 1.165) is 27.6 Å². The quantitative estimate of drug-likeness (QED) is 0.538. The molecule has 0 bridgehead atoms. The number of primary amides is 1. The fourth-order valence-electron chi connectivity index (χ4n) is 3.38. The molecule has 2 heterocycles. The van der Waals surface area contributed by atoms with Crippen LogP contribution in [0.1, 0.15) is 5.56 Å². The number of amides is 4. The Labute approximate surface area is 192 Å². The van der Waals surface area contributed by atoms with E-state index in [1.54, 1.807) is 41.1 Å². The summed E-state index contributed by atoms with van der Waals surface area (Å²) in [5, 5.41) is 3.33. The lowest BCUT2D eigenvalue weighted by Crippen LogP contribution is -2.36. The number of rotatable bonds is 6. The Bertz CT molecular complexity index is 1300. The molecule has 0 unspecified atom stereocenters. The van der Waals surface area contributed by atoms with E-state index in [0.29, 0.717) is 16.3 Å². The van der Waals surface area contributed by atoms with Gasteiger partial charge in [-0.1, -0.05) is 35.9 Å². The van der Waals surface area contributed by atoms with Gasteiger partial charge in [-0.2, -0.15) is 0 Å². The van der Waals surface area contributed by atoms with Crippen molar-refractivity contribution in [2.24, 2.45) is 5.73 Å². The van der Waals surface area contributed by atoms with Gasteiger partial charge >= 0.3 is 0 Å². The lowest BCUT2D eigenvalue weighted by molar-refractivity contribution is -0.127. The standard InChI is InChI=1S/C22H17ClN4O4S/c23-14-4-3-5-15(9-14)25-20(29)12-27-21(30)18(32-22(27)31)8-13-10-26(11-19(24)28)17-7-2-1-6-16(13)17/h1-10H,11-12H2,(H2,24,28)(H,25,29)/b18-8-. The number of nitrogens with two attached hydrogens (primary N) is 1. The van der Waals surface area contributed by atoms with Crippen molar-refractivity contribution in [3.8, 4) is 0 Å². The molecule has 2 aromatic carbocycles. The Morgan fingerprint density at radius 1 is 1.09 bits per heavy atom. The Kier molecular flexibility index (Phi) is 6.02. The Hall–Kier alpha value is -3.56. The largest absolute Gasteiger partial charge is 0.368 e. The number of carbonyl (C=O) groups is 4. The maximum Gasteiger partial charge on any atom is 0.294 e. The SMILES string of the molecule is NC(=O)Cn1cc(/C=C2\SC(=O)N(CC(=O)Nc3cccc(Cl)c3)C2=O)c2ccccc21. The number of benzene rings is 2. The van der Waals surface area contributed by atoms with Crippen LogP contribution in [0.4, 0.5) is 10.5 Å². The molecule has 3 aromatic rings. The molecule has 4 rings (SSSR count). The number of thioether (sulfide) groups is 1. The van der Waals surface area contributed by atoms with Crippen molar-refractivity contribution in [1.29, 1.82) is 0 Å². The van der Waals surface area contributed by atoms with Gasteiger partial charge < -0.3 is 15.6 Å². The molecule has 0 aliphatic carbocycles. The molecule has 0 saturated carbocycles. The molecule has 1 fully saturated rings. The van der Waals surface area contributed by atoms with Gasteiger partial charge in [0.2, 0.25) is 11.8 Å². The van der Waals surface area contributed by atoms with Crippen molar-refractivity contribution in [3.05, 3.63) is 70.2 Å². The number of para-hydroxylation sites is 1. The maximum atomic E-state index is 12.8. The Morgan fingerprint density at radius 2 is 1.88 bits per heavy atom. The van der Waals surface area contributed by atoms with Gasteiger partial charge in [-0.3, -0.25) is 24.1 Å². The number of nitrogens with one attached hydrogen (secondary N) is 1. The summed E-state index contributed by atoms with van der Waals surface area (Å²) in [6, 6.07) is 13.9. The van der Waals surface area contributed by atoms with E-state index in [2.05, 4.69) is 5.32 Å². The number of anilines is 1. The number of aromatic nitrogens is 1. The van der Waals surface area contributed by atoms with Crippen LogP contribution in [0.25, 0.3) is 17.0 Å². The second-order valence-electron chi connectivity index (χ2n) is 7.02. The summed E-state index contributed by atoms with van der Waals surface area (Å²) in [6.45, 7) is -0.433. The molecule has 4 amide bonds. The molecule has 8 nitrogen and oxygen atoms in total. The van der Waals surface area contributed by atoms with E-state index in [1.165, 1.54) is 0 Å². The number of hydrogen-bond donors (Lipinski definition) is 2. The summed E-state index contributed by atoms with van der Waals surface area (Å²) in [5.41, 5.74) is 7.23. The van der Waals surface area contributed by atoms with Crippen LogP contribution in [0.2, 0.25) is 5.02 Å². The second-order valence-corrected chi connectivity index (χ2v) is 8.45. The summed E-state index contributed by atoms with van der Waals surface area (Å²) in [7, 11) is 0. The van der Waals surface area contributed by atoms with Crippen molar-refractivity contribution < 1.29 is 19.2 Å². The van der Waals surface area contributed by atoms with Gasteiger partial charge in [0.15, 0.2) is 0 Å². The van der Waals surface area contributed by atoms with Crippen LogP contribution >= 0.6 is 23.4 Å². The molecule has 1 aliphatic rings. The predicted octanol–water partition coefficient (Wildman–Crippen LogP) is 3.46. The molecule has 162 valence electrons. The molecular formula is C22H17ClN4O4S. The second kappa shape index (κ2) is 8.89. The fraction of sp³-hybridized carbons (Fsp3) is 0.0909. The monoisotopic (exact) mass is 468 g/mol. The van der Waals surface area contributed by atoms with Gasteiger partial charge in [0.25, 0.3) is 11.1 Å². The van der Waals surface area contributed by atoms with E-state index in [4.69, 9.17) is 17.3 Å². The van der Waals surface area contributed by atoms with Gasteiger partial charge in [-0.05, 0) is 42.1 Å². The minimum absolute atomic E-state index is 0.0144. The first-order valence-corrected chi connectivity index (χ1v) is 10.7. The highest BCUT2D eigenvalue weighted by Crippen LogP contribution is 2.34. The van der Waals surface area contributed by atoms with Gasteiger partial charge in [-0.25, -0.2) is 0 Å². The summed E-state index contributed by atoms with van der Waals surface area (Å²) < 4.78 is 1.69. The van der Waals surface area contributed by atoms with E-state index in [9.17, 15) is 19.2 Å². The predicted molar refractivity (Wildman–Crippen MR) is 124 cm³/mol. The normalized spacial score (nSPS) is 15.0. The molecule has 10 heteroatoms. The van der Waals surface area contributed by atoms with Gasteiger partial charge in [0, 0.05) is 33.4 Å². The van der Waals surface area contributed by atoms with Crippen molar-refractivity contribution in [3.63, 3.8) is 0 Å². The van der Waals surface area contributed by atoms with Crippen molar-refractivity contribution >= 4 is 69.0 Å². The number of hydrogen-bond acceptors (Lipinski definition) is 5. The molecule has 3 N–H and O–H groups in total. The molecule has 0 spiro atoms. The van der Waals surface area contributed by atoms with Gasteiger partial charge in [0.05, 0.1) is 4.91 Å². The number of carbonyl (C=O) groups excluding carboxylic acids is 4. The zero-order valence-electron chi connectivity index (χ0n) is 16.6. The summed E-state index contributed by atoms with van der Waals surface area (Å²) in [6.07, 6.45) is 3.29. The number of nitrogens with zero attached hydrogens (tertiary/aromatic N) is 2. The van der Waals surface area contributed by atoms with Crippen LogP contribution in [0.3, 0.4) is 0 Å². The molecule has 1 aliphatic heterocycles. The minimum atomic E-state index is -0.562. The Balaban J connectivity index is 1.55. The van der Waals surface area contributed by atoms with Crippen LogP contribution in [0.5, 0.6) is 0 Å². The first-order chi connectivity index (χ1) is 15.3. The van der Waals surface area contributed by atoms with Crippen LogP contribution in [0, 0.1) is 0 Å². The van der Waals surface area contributed by atoms with Crippen LogP contribution in [0.15, 0.2) is 59.6 Å². The van der Waals surface area contributed by atoms with E-state index in [1.807, 2.05) is 24.3 Å². The smallest absolute Gasteiger partial charge is 0.294 e. The lowest BCUT2D eigenvalue weighted by Gasteiger charge is -2.12. The first kappa shape index (κ1) is 21.7. The van der Waals surface area contributed by atoms with Gasteiger partial charge in [-0.15, -0.1) is 0 Å². The molecule has 0 atom stereocenters. The summed E-state index contributed by atoms with van der Waals surface area (Å²) >= 11 is 6.66. The summed E-state index contributed by atoms with van der Waals surface area (Å²) in [5.74, 6) is -1.58. The fourth-order valence-corrected chi connectivity index (χ4v) is 4.40.